The van der Waals surface area contributed by atoms with Gasteiger partial charge in [-0.2, -0.15) is 0 Å². The van der Waals surface area contributed by atoms with Gasteiger partial charge in [-0.25, -0.2) is 4.79 Å². The summed E-state index contributed by atoms with van der Waals surface area (Å²) in [7, 11) is 4.08. The van der Waals surface area contributed by atoms with Crippen LogP contribution < -0.4 is 15.4 Å². The smallest absolute Gasteiger partial charge is 0.338 e. The van der Waals surface area contributed by atoms with Crippen LogP contribution in [0.1, 0.15) is 29.4 Å². The summed E-state index contributed by atoms with van der Waals surface area (Å²) < 4.78 is 15.6. The summed E-state index contributed by atoms with van der Waals surface area (Å²) in [4.78, 5) is 43.0. The topological polar surface area (TPSA) is 108 Å². The van der Waals surface area contributed by atoms with E-state index in [1.807, 2.05) is 42.5 Å². The summed E-state index contributed by atoms with van der Waals surface area (Å²) in [6.07, 6.45) is 0.258. The average Bonchev–Trinajstić information content (AvgIpc) is 3.00. The lowest BCUT2D eigenvalue weighted by molar-refractivity contribution is -0.150. The van der Waals surface area contributed by atoms with E-state index in [0.29, 0.717) is 27.7 Å². The number of esters is 2. The predicted molar refractivity (Wildman–Crippen MR) is 154 cm³/mol. The molecule has 1 heterocycles. The number of allylic oxidation sites excluding steroid dienone is 2. The number of halogens is 1. The Hall–Kier alpha value is -4.56. The maximum Gasteiger partial charge on any atom is 0.338 e. The van der Waals surface area contributed by atoms with Gasteiger partial charge in [-0.3, -0.25) is 14.5 Å². The minimum Gasteiger partial charge on any atom is -0.497 e. The maximum atomic E-state index is 14.6. The zero-order valence-electron chi connectivity index (χ0n) is 22.8. The van der Waals surface area contributed by atoms with Gasteiger partial charge in [0.05, 0.1) is 32.8 Å². The summed E-state index contributed by atoms with van der Waals surface area (Å²) in [6, 6.07) is 23.3. The van der Waals surface area contributed by atoms with Crippen molar-refractivity contribution in [3.8, 4) is 5.75 Å². The molecular weight excluding hydrogens is 544 g/mol. The molecule has 0 saturated carbocycles. The number of rotatable bonds is 6. The fourth-order valence-electron chi connectivity index (χ4n) is 5.79. The highest BCUT2D eigenvalue weighted by atomic mass is 35.5. The number of anilines is 1. The van der Waals surface area contributed by atoms with Crippen molar-refractivity contribution in [2.75, 3.05) is 26.2 Å². The van der Waals surface area contributed by atoms with Crippen LogP contribution >= 0.6 is 11.6 Å². The van der Waals surface area contributed by atoms with E-state index in [0.717, 1.165) is 5.56 Å². The lowest BCUT2D eigenvalue weighted by Gasteiger charge is -2.44. The Kier molecular flexibility index (Phi) is 7.85. The largest absolute Gasteiger partial charge is 0.497 e. The molecule has 5 rings (SSSR count). The van der Waals surface area contributed by atoms with Gasteiger partial charge in [-0.1, -0.05) is 54.1 Å². The zero-order valence-corrected chi connectivity index (χ0v) is 23.6. The van der Waals surface area contributed by atoms with Crippen LogP contribution in [0.5, 0.6) is 5.75 Å². The van der Waals surface area contributed by atoms with Crippen molar-refractivity contribution in [3.63, 3.8) is 0 Å². The van der Waals surface area contributed by atoms with Crippen LogP contribution in [0.2, 0.25) is 5.02 Å². The number of ketones is 1. The van der Waals surface area contributed by atoms with Gasteiger partial charge in [0.15, 0.2) is 5.78 Å². The van der Waals surface area contributed by atoms with Crippen molar-refractivity contribution in [1.29, 1.82) is 0 Å². The SMILES string of the molecule is COC(=O)C1=C(N)N(c2ccccc2)C2=C(C(=O)[C@H](C(=O)OC)[C@@H](c3ccc(OC)cc3)C2)[C@H]1c1cccc(Cl)c1. The lowest BCUT2D eigenvalue weighted by atomic mass is 9.67. The van der Waals surface area contributed by atoms with Gasteiger partial charge < -0.3 is 19.9 Å². The molecule has 210 valence electrons. The molecule has 3 atom stereocenters. The molecule has 2 aliphatic rings. The van der Waals surface area contributed by atoms with Crippen molar-refractivity contribution in [3.05, 3.63) is 118 Å². The predicted octanol–water partition coefficient (Wildman–Crippen LogP) is 5.10. The van der Waals surface area contributed by atoms with E-state index in [1.54, 1.807) is 48.4 Å². The van der Waals surface area contributed by atoms with E-state index in [1.165, 1.54) is 14.2 Å². The van der Waals surface area contributed by atoms with Gasteiger partial charge in [0, 0.05) is 27.9 Å². The third kappa shape index (κ3) is 4.95. The molecule has 0 unspecified atom stereocenters. The second kappa shape index (κ2) is 11.5. The molecule has 9 heteroatoms. The molecule has 0 bridgehead atoms. The summed E-state index contributed by atoms with van der Waals surface area (Å²) in [5, 5.41) is 0.418. The molecule has 0 saturated heterocycles. The maximum absolute atomic E-state index is 14.6. The van der Waals surface area contributed by atoms with Gasteiger partial charge in [0.1, 0.15) is 17.5 Å². The van der Waals surface area contributed by atoms with E-state index >= 15 is 0 Å². The number of ether oxygens (including phenoxy) is 3. The molecule has 0 amide bonds. The normalized spacial score (nSPS) is 20.4. The molecule has 0 fully saturated rings. The number of Topliss-reactive ketones (excluding diaryl/α,β-unsaturated/α-hetero) is 1. The number of methoxy groups -OCH3 is 3. The highest BCUT2D eigenvalue weighted by Gasteiger charge is 2.51. The molecule has 1 aliphatic carbocycles. The minimum absolute atomic E-state index is 0.0808. The highest BCUT2D eigenvalue weighted by Crippen LogP contribution is 2.51. The highest BCUT2D eigenvalue weighted by molar-refractivity contribution is 6.30. The second-order valence-corrected chi connectivity index (χ2v) is 10.2. The number of hydrogen-bond acceptors (Lipinski definition) is 8. The molecule has 0 radical (unpaired) electrons. The summed E-state index contributed by atoms with van der Waals surface area (Å²) in [6.45, 7) is 0. The number of para-hydroxylation sites is 1. The second-order valence-electron chi connectivity index (χ2n) is 9.76. The molecule has 2 N–H and O–H groups in total. The summed E-state index contributed by atoms with van der Waals surface area (Å²) in [5.74, 6) is -3.70. The molecule has 0 spiro atoms. The fourth-order valence-corrected chi connectivity index (χ4v) is 5.99. The van der Waals surface area contributed by atoms with Crippen LogP contribution in [-0.4, -0.2) is 39.1 Å². The third-order valence-electron chi connectivity index (χ3n) is 7.64. The van der Waals surface area contributed by atoms with Gasteiger partial charge in [0.2, 0.25) is 0 Å². The minimum atomic E-state index is -1.16. The Labute approximate surface area is 242 Å². The Bertz CT molecular complexity index is 1560. The standard InChI is InChI=1S/C32H29ClN2O6/c1-39-22-14-12-18(13-15-22)23-17-24-27(29(36)26(23)31(37)40-2)25(19-8-7-9-20(33)16-19)28(32(38)41-3)30(34)35(24)21-10-5-4-6-11-21/h4-16,23,25-26H,17,34H2,1-3H3/t23-,25-,26-/m1/s1. The molecule has 8 nitrogen and oxygen atoms in total. The van der Waals surface area contributed by atoms with Crippen LogP contribution in [0.25, 0.3) is 0 Å². The third-order valence-corrected chi connectivity index (χ3v) is 7.87. The quantitative estimate of drug-likeness (QED) is 0.321. The van der Waals surface area contributed by atoms with Crippen molar-refractivity contribution >= 4 is 35.0 Å². The number of benzene rings is 3. The van der Waals surface area contributed by atoms with E-state index in [-0.39, 0.29) is 23.4 Å². The summed E-state index contributed by atoms with van der Waals surface area (Å²) in [5.41, 5.74) is 9.72. The van der Waals surface area contributed by atoms with Crippen molar-refractivity contribution in [2.24, 2.45) is 11.7 Å². The fraction of sp³-hybridized carbons (Fsp3) is 0.219. The van der Waals surface area contributed by atoms with Crippen LogP contribution in [0, 0.1) is 5.92 Å². The Morgan fingerprint density at radius 3 is 2.22 bits per heavy atom. The average molecular weight is 573 g/mol. The van der Waals surface area contributed by atoms with E-state index in [9.17, 15) is 14.4 Å². The molecule has 0 aromatic heterocycles. The van der Waals surface area contributed by atoms with E-state index < -0.39 is 35.5 Å². The summed E-state index contributed by atoms with van der Waals surface area (Å²) >= 11 is 6.37. The van der Waals surface area contributed by atoms with E-state index in [4.69, 9.17) is 31.5 Å². The lowest BCUT2D eigenvalue weighted by Crippen LogP contribution is -2.46. The van der Waals surface area contributed by atoms with Crippen molar-refractivity contribution in [1.82, 2.24) is 0 Å². The molecule has 3 aromatic carbocycles. The number of carbonyl (C=O) groups is 3. The number of nitrogens with zero attached hydrogens (tertiary/aromatic N) is 1. The van der Waals surface area contributed by atoms with Crippen LogP contribution in [0.15, 0.2) is 102 Å². The Morgan fingerprint density at radius 1 is 0.902 bits per heavy atom. The first kappa shape index (κ1) is 28.0. The van der Waals surface area contributed by atoms with Gasteiger partial charge in [0.25, 0.3) is 0 Å². The molecular formula is C32H29ClN2O6. The zero-order chi connectivity index (χ0) is 29.3. The number of hydrogen-bond donors (Lipinski definition) is 1. The van der Waals surface area contributed by atoms with Crippen LogP contribution in [0.3, 0.4) is 0 Å². The Balaban J connectivity index is 1.81. The first-order chi connectivity index (χ1) is 19.8. The molecule has 3 aromatic rings. The molecule has 1 aliphatic heterocycles. The first-order valence-corrected chi connectivity index (χ1v) is 13.4. The monoisotopic (exact) mass is 572 g/mol. The van der Waals surface area contributed by atoms with Crippen molar-refractivity contribution in [2.45, 2.75) is 18.3 Å². The van der Waals surface area contributed by atoms with Crippen molar-refractivity contribution < 1.29 is 28.6 Å². The van der Waals surface area contributed by atoms with Crippen LogP contribution in [-0.2, 0) is 23.9 Å². The van der Waals surface area contributed by atoms with Gasteiger partial charge in [-0.05, 0) is 53.9 Å². The van der Waals surface area contributed by atoms with Gasteiger partial charge in [-0.15, -0.1) is 0 Å². The van der Waals surface area contributed by atoms with E-state index in [2.05, 4.69) is 0 Å². The molecule has 41 heavy (non-hydrogen) atoms. The number of carbonyl (C=O) groups excluding carboxylic acids is 3. The first-order valence-electron chi connectivity index (χ1n) is 13.0. The van der Waals surface area contributed by atoms with Crippen LogP contribution in [0.4, 0.5) is 5.69 Å². The number of nitrogens with two attached hydrogens (primary N) is 1. The Morgan fingerprint density at radius 2 is 1.61 bits per heavy atom. The van der Waals surface area contributed by atoms with Gasteiger partial charge >= 0.3 is 11.9 Å².